The van der Waals surface area contributed by atoms with Crippen LogP contribution in [0.5, 0.6) is 0 Å². The van der Waals surface area contributed by atoms with Gasteiger partial charge in [-0.25, -0.2) is 8.78 Å². The number of hydrogen-bond donors (Lipinski definition) is 1. The summed E-state index contributed by atoms with van der Waals surface area (Å²) < 4.78 is 30.3. The first-order chi connectivity index (χ1) is 17.3. The second-order valence-electron chi connectivity index (χ2n) is 11.0. The first kappa shape index (κ1) is 25.2. The van der Waals surface area contributed by atoms with E-state index in [0.717, 1.165) is 80.5 Å². The number of benzene rings is 1. The zero-order valence-electron chi connectivity index (χ0n) is 21.5. The summed E-state index contributed by atoms with van der Waals surface area (Å²) in [6, 6.07) is 3.48. The maximum atomic E-state index is 14.4. The van der Waals surface area contributed by atoms with Crippen LogP contribution in [0.25, 0.3) is 0 Å². The molecule has 36 heavy (non-hydrogen) atoms. The fourth-order valence-corrected chi connectivity index (χ4v) is 6.17. The Morgan fingerprint density at radius 3 is 2.53 bits per heavy atom. The van der Waals surface area contributed by atoms with Crippen LogP contribution in [0, 0.1) is 25.6 Å². The Balaban J connectivity index is 1.19. The van der Waals surface area contributed by atoms with Gasteiger partial charge < -0.3 is 14.9 Å². The number of aliphatic hydroxyl groups is 1. The Kier molecular flexibility index (Phi) is 7.07. The van der Waals surface area contributed by atoms with Gasteiger partial charge >= 0.3 is 0 Å². The van der Waals surface area contributed by atoms with Gasteiger partial charge in [0.25, 0.3) is 5.91 Å². The molecule has 5 rings (SSSR count). The van der Waals surface area contributed by atoms with E-state index in [2.05, 4.69) is 9.58 Å². The van der Waals surface area contributed by atoms with Crippen molar-refractivity contribution in [3.8, 4) is 0 Å². The van der Waals surface area contributed by atoms with Gasteiger partial charge in [0.15, 0.2) is 5.69 Å². The molecule has 0 spiro atoms. The molecule has 2 aliphatic heterocycles. The Bertz CT molecular complexity index is 1120. The lowest BCUT2D eigenvalue weighted by Gasteiger charge is -2.35. The lowest BCUT2D eigenvalue weighted by Crippen LogP contribution is -2.46. The van der Waals surface area contributed by atoms with Gasteiger partial charge in [0.2, 0.25) is 0 Å². The molecule has 2 saturated heterocycles. The average molecular weight is 501 g/mol. The molecule has 1 amide bonds. The number of piperidine rings is 2. The topological polar surface area (TPSA) is 61.6 Å². The minimum Gasteiger partial charge on any atom is -0.393 e. The molecule has 0 bridgehead atoms. The van der Waals surface area contributed by atoms with Gasteiger partial charge in [-0.2, -0.15) is 5.10 Å². The second-order valence-corrected chi connectivity index (χ2v) is 11.0. The maximum Gasteiger partial charge on any atom is 0.274 e. The number of aliphatic hydroxyl groups excluding tert-OH is 1. The molecule has 0 radical (unpaired) electrons. The highest BCUT2D eigenvalue weighted by Gasteiger charge is 2.37. The summed E-state index contributed by atoms with van der Waals surface area (Å²) in [5.74, 6) is 0.364. The third-order valence-electron chi connectivity index (χ3n) is 8.84. The number of carbonyl (C=O) groups is 1. The normalized spacial score (nSPS) is 20.1. The number of anilines is 1. The van der Waals surface area contributed by atoms with Crippen LogP contribution in [0.2, 0.25) is 0 Å². The first-order valence-corrected chi connectivity index (χ1v) is 13.5. The number of alkyl halides is 1. The second kappa shape index (κ2) is 10.1. The predicted octanol–water partition coefficient (Wildman–Crippen LogP) is 4.37. The summed E-state index contributed by atoms with van der Waals surface area (Å²) in [6.07, 6.45) is 6.44. The van der Waals surface area contributed by atoms with Crippen LogP contribution in [0.3, 0.4) is 0 Å². The van der Waals surface area contributed by atoms with Crippen LogP contribution in [0.4, 0.5) is 14.5 Å². The molecule has 3 aliphatic rings. The van der Waals surface area contributed by atoms with Gasteiger partial charge in [-0.05, 0) is 81.5 Å². The van der Waals surface area contributed by atoms with Gasteiger partial charge in [0.05, 0.1) is 6.61 Å². The molecule has 196 valence electrons. The van der Waals surface area contributed by atoms with Crippen LogP contribution in [0.1, 0.15) is 71.4 Å². The molecular weight excluding hydrogens is 462 g/mol. The van der Waals surface area contributed by atoms with E-state index in [1.807, 2.05) is 19.9 Å². The van der Waals surface area contributed by atoms with Crippen molar-refractivity contribution in [3.63, 3.8) is 0 Å². The number of carbonyl (C=O) groups excluding carboxylic acids is 1. The standard InChI is InChI=1S/C28H38F2N4O2/c1-19-20(2)24(7-6-23(19)29)32-13-8-21(9-14-32)10-15-34-25-5-3-4-22(25)26(31-34)27(36)33-16-11-28(30,18-35)12-17-33/h6-7,21,35H,3-5,8-18H2,1-2H3. The Morgan fingerprint density at radius 2 is 1.83 bits per heavy atom. The number of rotatable bonds is 6. The molecular formula is C28H38F2N4O2. The Morgan fingerprint density at radius 1 is 1.11 bits per heavy atom. The summed E-state index contributed by atoms with van der Waals surface area (Å²) in [4.78, 5) is 17.3. The van der Waals surface area contributed by atoms with E-state index in [-0.39, 0.29) is 24.6 Å². The quantitative estimate of drug-likeness (QED) is 0.640. The Labute approximate surface area is 212 Å². The summed E-state index contributed by atoms with van der Waals surface area (Å²) in [6.45, 7) is 6.76. The molecule has 2 fully saturated rings. The van der Waals surface area contributed by atoms with Crippen LogP contribution in [-0.2, 0) is 19.4 Å². The van der Waals surface area contributed by atoms with Gasteiger partial charge in [0.1, 0.15) is 11.5 Å². The highest BCUT2D eigenvalue weighted by Crippen LogP contribution is 2.32. The van der Waals surface area contributed by atoms with Crippen LogP contribution < -0.4 is 4.90 Å². The molecule has 3 heterocycles. The van der Waals surface area contributed by atoms with E-state index >= 15 is 0 Å². The SMILES string of the molecule is Cc1c(F)ccc(N2CCC(CCn3nc(C(=O)N4CCC(F)(CO)CC4)c4c3CCC4)CC2)c1C. The predicted molar refractivity (Wildman–Crippen MR) is 136 cm³/mol. The largest absolute Gasteiger partial charge is 0.393 e. The lowest BCUT2D eigenvalue weighted by molar-refractivity contribution is 0.00966. The summed E-state index contributed by atoms with van der Waals surface area (Å²) in [5, 5.41) is 14.1. The van der Waals surface area contributed by atoms with E-state index in [1.165, 1.54) is 5.69 Å². The zero-order chi connectivity index (χ0) is 25.4. The third-order valence-corrected chi connectivity index (χ3v) is 8.84. The minimum absolute atomic E-state index is 0.0924. The zero-order valence-corrected chi connectivity index (χ0v) is 21.5. The number of likely N-dealkylation sites (tertiary alicyclic amines) is 1. The number of halogens is 2. The van der Waals surface area contributed by atoms with Gasteiger partial charge in [-0.3, -0.25) is 9.48 Å². The molecule has 1 aromatic carbocycles. The average Bonchev–Trinajstić information content (AvgIpc) is 3.50. The molecule has 1 N–H and O–H groups in total. The van der Waals surface area contributed by atoms with Gasteiger partial charge in [-0.1, -0.05) is 0 Å². The van der Waals surface area contributed by atoms with Crippen LogP contribution in [0.15, 0.2) is 12.1 Å². The van der Waals surface area contributed by atoms with Gasteiger partial charge in [0, 0.05) is 62.5 Å². The smallest absolute Gasteiger partial charge is 0.274 e. The first-order valence-electron chi connectivity index (χ1n) is 13.5. The molecule has 1 aliphatic carbocycles. The van der Waals surface area contributed by atoms with Crippen molar-refractivity contribution in [2.75, 3.05) is 37.7 Å². The van der Waals surface area contributed by atoms with Crippen molar-refractivity contribution in [1.29, 1.82) is 0 Å². The van der Waals surface area contributed by atoms with E-state index < -0.39 is 12.3 Å². The van der Waals surface area contributed by atoms with Crippen molar-refractivity contribution in [3.05, 3.63) is 46.0 Å². The number of fused-ring (bicyclic) bond motifs is 1. The number of aryl methyl sites for hydroxylation is 1. The maximum absolute atomic E-state index is 14.4. The monoisotopic (exact) mass is 500 g/mol. The molecule has 0 atom stereocenters. The van der Waals surface area contributed by atoms with Crippen molar-refractivity contribution in [2.45, 2.75) is 77.4 Å². The molecule has 8 heteroatoms. The van der Waals surface area contributed by atoms with E-state index in [9.17, 15) is 18.7 Å². The van der Waals surface area contributed by atoms with Crippen molar-refractivity contribution in [2.24, 2.45) is 5.92 Å². The van der Waals surface area contributed by atoms with Crippen molar-refractivity contribution < 1.29 is 18.7 Å². The van der Waals surface area contributed by atoms with Crippen molar-refractivity contribution >= 4 is 11.6 Å². The number of nitrogens with zero attached hydrogens (tertiary/aromatic N) is 4. The molecule has 6 nitrogen and oxygen atoms in total. The number of amides is 1. The van der Waals surface area contributed by atoms with E-state index in [4.69, 9.17) is 5.10 Å². The van der Waals surface area contributed by atoms with Crippen LogP contribution in [-0.4, -0.2) is 64.1 Å². The third kappa shape index (κ3) is 4.76. The molecule has 1 aromatic heterocycles. The minimum atomic E-state index is -1.57. The fourth-order valence-electron chi connectivity index (χ4n) is 6.17. The van der Waals surface area contributed by atoms with Crippen molar-refractivity contribution in [1.82, 2.24) is 14.7 Å². The van der Waals surface area contributed by atoms with Crippen LogP contribution >= 0.6 is 0 Å². The van der Waals surface area contributed by atoms with E-state index in [0.29, 0.717) is 24.7 Å². The molecule has 2 aromatic rings. The summed E-state index contributed by atoms with van der Waals surface area (Å²) in [7, 11) is 0. The molecule has 0 unspecified atom stereocenters. The summed E-state index contributed by atoms with van der Waals surface area (Å²) in [5.41, 5.74) is 4.16. The molecule has 0 saturated carbocycles. The number of hydrogen-bond acceptors (Lipinski definition) is 4. The summed E-state index contributed by atoms with van der Waals surface area (Å²) >= 11 is 0. The Hall–Kier alpha value is -2.48. The number of aromatic nitrogens is 2. The highest BCUT2D eigenvalue weighted by atomic mass is 19.1. The van der Waals surface area contributed by atoms with E-state index in [1.54, 1.807) is 11.0 Å². The lowest BCUT2D eigenvalue weighted by atomic mass is 9.92. The highest BCUT2D eigenvalue weighted by molar-refractivity contribution is 5.94. The van der Waals surface area contributed by atoms with Gasteiger partial charge in [-0.15, -0.1) is 0 Å². The fraction of sp³-hybridized carbons (Fsp3) is 0.643.